The largest absolute Gasteiger partial charge is 0.316 e. The quantitative estimate of drug-likeness (QED) is 0.818. The minimum absolute atomic E-state index is 0.366. The van der Waals surface area contributed by atoms with Gasteiger partial charge in [0.05, 0.1) is 4.90 Å². The van der Waals surface area contributed by atoms with Crippen molar-refractivity contribution in [2.45, 2.75) is 31.7 Å². The Morgan fingerprint density at radius 1 is 1.40 bits per heavy atom. The van der Waals surface area contributed by atoms with Gasteiger partial charge in [-0.25, -0.2) is 13.1 Å². The summed E-state index contributed by atoms with van der Waals surface area (Å²) in [5.74, 6) is 1.13. The molecule has 0 radical (unpaired) electrons. The predicted molar refractivity (Wildman–Crippen MR) is 84.1 cm³/mol. The molecule has 112 valence electrons. The molecule has 1 saturated carbocycles. The summed E-state index contributed by atoms with van der Waals surface area (Å²) in [5.41, 5.74) is 1.70. The molecule has 0 aliphatic heterocycles. The highest BCUT2D eigenvalue weighted by Gasteiger charge is 2.33. The molecule has 6 heteroatoms. The van der Waals surface area contributed by atoms with E-state index in [0.29, 0.717) is 29.8 Å². The lowest BCUT2D eigenvalue weighted by atomic mass is 10.1. The van der Waals surface area contributed by atoms with Gasteiger partial charge in [-0.05, 0) is 55.5 Å². The minimum Gasteiger partial charge on any atom is -0.316 e. The number of hydrogen-bond donors (Lipinski definition) is 2. The Morgan fingerprint density at radius 3 is 2.60 bits per heavy atom. The van der Waals surface area contributed by atoms with Crippen LogP contribution in [0.1, 0.15) is 24.5 Å². The fourth-order valence-electron chi connectivity index (χ4n) is 2.27. The second-order valence-electron chi connectivity index (χ2n) is 5.56. The second kappa shape index (κ2) is 6.13. The summed E-state index contributed by atoms with van der Waals surface area (Å²) in [7, 11) is -1.60. The van der Waals surface area contributed by atoms with E-state index in [1.165, 1.54) is 0 Å². The summed E-state index contributed by atoms with van der Waals surface area (Å²) in [6, 6.07) is 3.70. The normalized spacial score (nSPS) is 22.0. The first-order valence-electron chi connectivity index (χ1n) is 6.78. The Hall–Kier alpha value is -0.430. The first-order chi connectivity index (χ1) is 9.35. The van der Waals surface area contributed by atoms with Crippen LogP contribution in [-0.4, -0.2) is 22.0 Å². The van der Waals surface area contributed by atoms with Crippen LogP contribution < -0.4 is 10.0 Å². The van der Waals surface area contributed by atoms with Crippen LogP contribution in [0.2, 0.25) is 0 Å². The lowest BCUT2D eigenvalue weighted by Gasteiger charge is -2.13. The summed E-state index contributed by atoms with van der Waals surface area (Å²) in [6.45, 7) is 5.15. The van der Waals surface area contributed by atoms with Crippen molar-refractivity contribution in [1.29, 1.82) is 0 Å². The van der Waals surface area contributed by atoms with E-state index in [-0.39, 0.29) is 0 Å². The first-order valence-corrected chi connectivity index (χ1v) is 9.06. The van der Waals surface area contributed by atoms with Crippen molar-refractivity contribution in [2.24, 2.45) is 11.8 Å². The molecule has 1 fully saturated rings. The zero-order chi connectivity index (χ0) is 14.9. The summed E-state index contributed by atoms with van der Waals surface area (Å²) in [5, 5.41) is 3.04. The van der Waals surface area contributed by atoms with Crippen LogP contribution in [0.4, 0.5) is 0 Å². The fourth-order valence-corrected chi connectivity index (χ4v) is 4.32. The zero-order valence-corrected chi connectivity index (χ0v) is 14.4. The van der Waals surface area contributed by atoms with Crippen LogP contribution in [0.15, 0.2) is 21.5 Å². The van der Waals surface area contributed by atoms with Gasteiger partial charge in [-0.3, -0.25) is 0 Å². The van der Waals surface area contributed by atoms with Crippen molar-refractivity contribution < 1.29 is 8.42 Å². The van der Waals surface area contributed by atoms with Crippen molar-refractivity contribution in [3.63, 3.8) is 0 Å². The third-order valence-corrected chi connectivity index (χ3v) is 6.21. The Morgan fingerprint density at radius 2 is 2.05 bits per heavy atom. The summed E-state index contributed by atoms with van der Waals surface area (Å²) in [6.07, 6.45) is 1.12. The van der Waals surface area contributed by atoms with Crippen LogP contribution in [-0.2, 0) is 16.6 Å². The van der Waals surface area contributed by atoms with Crippen LogP contribution in [0.3, 0.4) is 0 Å². The standard InChI is InChI=1S/C14H21BrN2O2S/c1-9-4-12(9)8-17-20(18,19)14-6-11(7-16-3)5-13(15)10(14)2/h5-6,9,12,16-17H,4,7-8H2,1-3H3. The molecule has 2 rings (SSSR count). The van der Waals surface area contributed by atoms with Gasteiger partial charge in [0.15, 0.2) is 0 Å². The molecule has 1 aromatic rings. The van der Waals surface area contributed by atoms with Crippen LogP contribution in [0.5, 0.6) is 0 Å². The van der Waals surface area contributed by atoms with Crippen molar-refractivity contribution >= 4 is 26.0 Å². The number of sulfonamides is 1. The molecule has 20 heavy (non-hydrogen) atoms. The topological polar surface area (TPSA) is 58.2 Å². The second-order valence-corrected chi connectivity index (χ2v) is 8.15. The molecule has 1 aliphatic carbocycles. The minimum atomic E-state index is -3.44. The van der Waals surface area contributed by atoms with Gasteiger partial charge in [0.1, 0.15) is 0 Å². The maximum Gasteiger partial charge on any atom is 0.240 e. The molecular formula is C14H21BrN2O2S. The SMILES string of the molecule is CNCc1cc(Br)c(C)c(S(=O)(=O)NCC2CC2C)c1. The maximum absolute atomic E-state index is 12.4. The van der Waals surface area contributed by atoms with E-state index in [9.17, 15) is 8.42 Å². The van der Waals surface area contributed by atoms with Gasteiger partial charge < -0.3 is 5.32 Å². The van der Waals surface area contributed by atoms with E-state index in [1.54, 1.807) is 6.07 Å². The predicted octanol–water partition coefficient (Wildman–Crippen LogP) is 2.41. The molecule has 2 N–H and O–H groups in total. The van der Waals surface area contributed by atoms with Crippen molar-refractivity contribution in [3.8, 4) is 0 Å². The Balaban J connectivity index is 2.24. The fraction of sp³-hybridized carbons (Fsp3) is 0.571. The molecule has 0 heterocycles. The van der Waals surface area contributed by atoms with E-state index in [2.05, 4.69) is 32.9 Å². The molecule has 1 aromatic carbocycles. The first kappa shape index (κ1) is 15.9. The molecule has 1 aliphatic rings. The highest BCUT2D eigenvalue weighted by Crippen LogP contribution is 2.37. The molecular weight excluding hydrogens is 340 g/mol. The van der Waals surface area contributed by atoms with E-state index >= 15 is 0 Å². The van der Waals surface area contributed by atoms with E-state index in [0.717, 1.165) is 22.0 Å². The summed E-state index contributed by atoms with van der Waals surface area (Å²) < 4.78 is 28.5. The maximum atomic E-state index is 12.4. The van der Waals surface area contributed by atoms with E-state index in [1.807, 2.05) is 20.0 Å². The van der Waals surface area contributed by atoms with E-state index < -0.39 is 10.0 Å². The van der Waals surface area contributed by atoms with Gasteiger partial charge in [0.25, 0.3) is 0 Å². The van der Waals surface area contributed by atoms with Crippen molar-refractivity contribution in [1.82, 2.24) is 10.0 Å². The van der Waals surface area contributed by atoms with Crippen LogP contribution in [0, 0.1) is 18.8 Å². The summed E-state index contributed by atoms with van der Waals surface area (Å²) >= 11 is 3.44. The van der Waals surface area contributed by atoms with E-state index in [4.69, 9.17) is 0 Å². The molecule has 0 spiro atoms. The average molecular weight is 361 g/mol. The average Bonchev–Trinajstić information content (AvgIpc) is 3.07. The number of rotatable bonds is 6. The molecule has 4 nitrogen and oxygen atoms in total. The van der Waals surface area contributed by atoms with Crippen molar-refractivity contribution in [3.05, 3.63) is 27.7 Å². The highest BCUT2D eigenvalue weighted by molar-refractivity contribution is 9.10. The Bertz CT molecular complexity index is 601. The highest BCUT2D eigenvalue weighted by atomic mass is 79.9. The summed E-state index contributed by atoms with van der Waals surface area (Å²) in [4.78, 5) is 0.366. The number of halogens is 1. The lowest BCUT2D eigenvalue weighted by Crippen LogP contribution is -2.27. The monoisotopic (exact) mass is 360 g/mol. The van der Waals surface area contributed by atoms with Gasteiger partial charge in [-0.2, -0.15) is 0 Å². The lowest BCUT2D eigenvalue weighted by molar-refractivity contribution is 0.573. The third-order valence-electron chi connectivity index (χ3n) is 3.84. The zero-order valence-electron chi connectivity index (χ0n) is 12.0. The number of benzene rings is 1. The number of nitrogens with one attached hydrogen (secondary N) is 2. The molecule has 2 unspecified atom stereocenters. The Kier molecular flexibility index (Phi) is 4.89. The van der Waals surface area contributed by atoms with Gasteiger partial charge in [-0.1, -0.05) is 22.9 Å². The third kappa shape index (κ3) is 3.61. The molecule has 0 bridgehead atoms. The molecule has 0 amide bonds. The van der Waals surface area contributed by atoms with Crippen LogP contribution >= 0.6 is 15.9 Å². The number of hydrogen-bond acceptors (Lipinski definition) is 3. The van der Waals surface area contributed by atoms with Gasteiger partial charge >= 0.3 is 0 Å². The molecule has 0 saturated heterocycles. The smallest absolute Gasteiger partial charge is 0.240 e. The van der Waals surface area contributed by atoms with Crippen LogP contribution in [0.25, 0.3) is 0 Å². The molecule has 0 aromatic heterocycles. The van der Waals surface area contributed by atoms with Gasteiger partial charge in [-0.15, -0.1) is 0 Å². The Labute approximate surface area is 129 Å². The van der Waals surface area contributed by atoms with Gasteiger partial charge in [0, 0.05) is 17.6 Å². The van der Waals surface area contributed by atoms with Crippen molar-refractivity contribution in [2.75, 3.05) is 13.6 Å². The van der Waals surface area contributed by atoms with Gasteiger partial charge in [0.2, 0.25) is 10.0 Å². The molecule has 2 atom stereocenters.